The Labute approximate surface area is 109 Å². The number of hydrogen-bond acceptors (Lipinski definition) is 3. The Morgan fingerprint density at radius 2 is 2.00 bits per heavy atom. The summed E-state index contributed by atoms with van der Waals surface area (Å²) >= 11 is 0. The zero-order valence-electron chi connectivity index (χ0n) is 11.6. The molecule has 0 spiro atoms. The van der Waals surface area contributed by atoms with Gasteiger partial charge in [0.25, 0.3) is 0 Å². The van der Waals surface area contributed by atoms with Gasteiger partial charge in [0, 0.05) is 0 Å². The van der Waals surface area contributed by atoms with Crippen molar-refractivity contribution in [1.82, 2.24) is 0 Å². The molecule has 0 radical (unpaired) electrons. The van der Waals surface area contributed by atoms with Crippen LogP contribution in [0.1, 0.15) is 52.9 Å². The normalized spacial score (nSPS) is 25.9. The molecule has 18 heavy (non-hydrogen) atoms. The summed E-state index contributed by atoms with van der Waals surface area (Å²) in [6.07, 6.45) is 3.41. The van der Waals surface area contributed by atoms with E-state index in [-0.39, 0.29) is 18.8 Å². The van der Waals surface area contributed by atoms with Gasteiger partial charge in [0.1, 0.15) is 0 Å². The Balaban J connectivity index is 2.61. The number of aliphatic carboxylic acids is 1. The predicted octanol–water partition coefficient (Wildman–Crippen LogP) is 2.86. The van der Waals surface area contributed by atoms with Crippen molar-refractivity contribution in [2.75, 3.05) is 6.61 Å². The maximum absolute atomic E-state index is 11.6. The van der Waals surface area contributed by atoms with Gasteiger partial charge in [-0.1, -0.05) is 20.3 Å². The third-order valence-electron chi connectivity index (χ3n) is 4.01. The molecule has 0 aliphatic heterocycles. The van der Waals surface area contributed by atoms with Crippen molar-refractivity contribution in [3.63, 3.8) is 0 Å². The van der Waals surface area contributed by atoms with Crippen LogP contribution in [0.25, 0.3) is 0 Å². The summed E-state index contributed by atoms with van der Waals surface area (Å²) in [5.74, 6) is 0.0890. The van der Waals surface area contributed by atoms with Crippen LogP contribution in [-0.4, -0.2) is 23.7 Å². The highest BCUT2D eigenvalue weighted by Crippen LogP contribution is 2.44. The summed E-state index contributed by atoms with van der Waals surface area (Å²) in [6, 6.07) is 0. The molecular weight excluding hydrogens is 232 g/mol. The van der Waals surface area contributed by atoms with Crippen molar-refractivity contribution >= 4 is 11.9 Å². The van der Waals surface area contributed by atoms with E-state index in [2.05, 4.69) is 6.92 Å². The van der Waals surface area contributed by atoms with Gasteiger partial charge in [-0.2, -0.15) is 0 Å². The molecule has 1 N–H and O–H groups in total. The van der Waals surface area contributed by atoms with E-state index >= 15 is 0 Å². The lowest BCUT2D eigenvalue weighted by Crippen LogP contribution is -2.33. The molecule has 0 aromatic rings. The topological polar surface area (TPSA) is 63.6 Å². The van der Waals surface area contributed by atoms with Crippen molar-refractivity contribution in [3.8, 4) is 0 Å². The van der Waals surface area contributed by atoms with Gasteiger partial charge in [0.2, 0.25) is 0 Å². The molecule has 0 aromatic carbocycles. The van der Waals surface area contributed by atoms with E-state index in [1.54, 1.807) is 6.92 Å². The highest BCUT2D eigenvalue weighted by Gasteiger charge is 2.38. The van der Waals surface area contributed by atoms with Crippen LogP contribution < -0.4 is 0 Å². The van der Waals surface area contributed by atoms with E-state index in [1.165, 1.54) is 6.42 Å². The fraction of sp³-hybridized carbons (Fsp3) is 0.857. The van der Waals surface area contributed by atoms with E-state index in [9.17, 15) is 9.59 Å². The SMILES string of the molecule is CCOC(=O)C[C@@](C)(CC(=O)O)C[C@H]1CC[C@H]1C. The van der Waals surface area contributed by atoms with Crippen LogP contribution in [0.3, 0.4) is 0 Å². The highest BCUT2D eigenvalue weighted by molar-refractivity contribution is 5.73. The van der Waals surface area contributed by atoms with Crippen molar-refractivity contribution in [2.24, 2.45) is 17.3 Å². The number of hydrogen-bond donors (Lipinski definition) is 1. The summed E-state index contributed by atoms with van der Waals surface area (Å²) in [5.41, 5.74) is -0.475. The Morgan fingerprint density at radius 1 is 1.33 bits per heavy atom. The molecule has 0 aromatic heterocycles. The van der Waals surface area contributed by atoms with Gasteiger partial charge in [-0.25, -0.2) is 0 Å². The number of carboxylic acids is 1. The van der Waals surface area contributed by atoms with E-state index in [0.717, 1.165) is 12.8 Å². The summed E-state index contributed by atoms with van der Waals surface area (Å²) in [6.45, 7) is 6.20. The van der Waals surface area contributed by atoms with Crippen LogP contribution in [0.5, 0.6) is 0 Å². The van der Waals surface area contributed by atoms with Crippen molar-refractivity contribution in [3.05, 3.63) is 0 Å². The van der Waals surface area contributed by atoms with Gasteiger partial charge < -0.3 is 9.84 Å². The molecule has 4 heteroatoms. The quantitative estimate of drug-likeness (QED) is 0.711. The van der Waals surface area contributed by atoms with Crippen molar-refractivity contribution in [1.29, 1.82) is 0 Å². The van der Waals surface area contributed by atoms with Gasteiger partial charge >= 0.3 is 11.9 Å². The lowest BCUT2D eigenvalue weighted by atomic mass is 9.65. The number of carbonyl (C=O) groups excluding carboxylic acids is 1. The number of carboxylic acid groups (broad SMARTS) is 1. The number of carbonyl (C=O) groups is 2. The molecule has 1 aliphatic rings. The molecule has 0 saturated heterocycles. The Kier molecular flexibility index (Phi) is 5.17. The highest BCUT2D eigenvalue weighted by atomic mass is 16.5. The molecule has 1 fully saturated rings. The minimum atomic E-state index is -0.839. The molecule has 4 nitrogen and oxygen atoms in total. The van der Waals surface area contributed by atoms with E-state index in [1.807, 2.05) is 6.92 Å². The third kappa shape index (κ3) is 4.31. The standard InChI is InChI=1S/C14H24O4/c1-4-18-13(17)9-14(3,8-12(15)16)7-11-6-5-10(11)2/h10-11H,4-9H2,1-3H3,(H,15,16)/t10-,11-,14-/m1/s1. The lowest BCUT2D eigenvalue weighted by molar-refractivity contribution is -0.148. The van der Waals surface area contributed by atoms with Gasteiger partial charge in [-0.3, -0.25) is 9.59 Å². The van der Waals surface area contributed by atoms with Crippen LogP contribution in [-0.2, 0) is 14.3 Å². The van der Waals surface area contributed by atoms with Gasteiger partial charge in [-0.15, -0.1) is 0 Å². The Morgan fingerprint density at radius 3 is 2.39 bits per heavy atom. The summed E-state index contributed by atoms with van der Waals surface area (Å²) in [7, 11) is 0. The summed E-state index contributed by atoms with van der Waals surface area (Å²) in [4.78, 5) is 22.6. The minimum absolute atomic E-state index is 0.0367. The van der Waals surface area contributed by atoms with Gasteiger partial charge in [0.15, 0.2) is 0 Å². The van der Waals surface area contributed by atoms with Crippen LogP contribution in [0, 0.1) is 17.3 Å². The fourth-order valence-electron chi connectivity index (χ4n) is 2.80. The minimum Gasteiger partial charge on any atom is -0.481 e. The van der Waals surface area contributed by atoms with Crippen LogP contribution in [0.4, 0.5) is 0 Å². The Hall–Kier alpha value is -1.06. The molecule has 0 amide bonds. The molecule has 0 heterocycles. The number of ether oxygens (including phenoxy) is 1. The molecule has 0 unspecified atom stereocenters. The van der Waals surface area contributed by atoms with Gasteiger partial charge in [0.05, 0.1) is 19.4 Å². The molecule has 1 aliphatic carbocycles. The maximum atomic E-state index is 11.6. The molecule has 0 bridgehead atoms. The fourth-order valence-corrected chi connectivity index (χ4v) is 2.80. The first-order valence-electron chi connectivity index (χ1n) is 6.73. The monoisotopic (exact) mass is 256 g/mol. The van der Waals surface area contributed by atoms with Crippen LogP contribution >= 0.6 is 0 Å². The van der Waals surface area contributed by atoms with Gasteiger partial charge in [-0.05, 0) is 37.0 Å². The summed E-state index contributed by atoms with van der Waals surface area (Å²) in [5, 5.41) is 9.01. The zero-order chi connectivity index (χ0) is 13.8. The average molecular weight is 256 g/mol. The molecule has 1 rings (SSSR count). The molecule has 1 saturated carbocycles. The van der Waals surface area contributed by atoms with E-state index in [0.29, 0.717) is 18.4 Å². The smallest absolute Gasteiger partial charge is 0.306 e. The second kappa shape index (κ2) is 6.21. The van der Waals surface area contributed by atoms with E-state index < -0.39 is 11.4 Å². The van der Waals surface area contributed by atoms with Crippen LogP contribution in [0.15, 0.2) is 0 Å². The first-order valence-corrected chi connectivity index (χ1v) is 6.73. The summed E-state index contributed by atoms with van der Waals surface area (Å²) < 4.78 is 4.95. The lowest BCUT2D eigenvalue weighted by Gasteiger charge is -2.40. The predicted molar refractivity (Wildman–Crippen MR) is 68.1 cm³/mol. The first-order chi connectivity index (χ1) is 8.36. The first kappa shape index (κ1) is 15.0. The maximum Gasteiger partial charge on any atom is 0.306 e. The molecular formula is C14H24O4. The van der Waals surface area contributed by atoms with Crippen molar-refractivity contribution < 1.29 is 19.4 Å². The number of esters is 1. The molecule has 104 valence electrons. The second-order valence-corrected chi connectivity index (χ2v) is 5.88. The third-order valence-corrected chi connectivity index (χ3v) is 4.01. The average Bonchev–Trinajstić information content (AvgIpc) is 2.23. The van der Waals surface area contributed by atoms with Crippen LogP contribution in [0.2, 0.25) is 0 Å². The number of rotatable bonds is 7. The van der Waals surface area contributed by atoms with E-state index in [4.69, 9.17) is 9.84 Å². The van der Waals surface area contributed by atoms with Crippen molar-refractivity contribution in [2.45, 2.75) is 52.9 Å². The Bertz CT molecular complexity index is 313. The second-order valence-electron chi connectivity index (χ2n) is 5.88. The molecule has 3 atom stereocenters. The zero-order valence-corrected chi connectivity index (χ0v) is 11.6. The largest absolute Gasteiger partial charge is 0.481 e.